The molecule has 1 aromatic heterocycles. The van der Waals surface area contributed by atoms with Crippen LogP contribution in [-0.4, -0.2) is 28.5 Å². The molecule has 2 heterocycles. The maximum atomic E-state index is 12.0. The Morgan fingerprint density at radius 3 is 2.95 bits per heavy atom. The molecule has 1 atom stereocenters. The first-order valence-corrected chi connectivity index (χ1v) is 7.64. The van der Waals surface area contributed by atoms with E-state index in [1.165, 1.54) is 0 Å². The van der Waals surface area contributed by atoms with Crippen LogP contribution in [0.4, 0.5) is 5.69 Å². The minimum absolute atomic E-state index is 0.00128. The van der Waals surface area contributed by atoms with E-state index >= 15 is 0 Å². The number of aryl methyl sites for hydroxylation is 1. The first-order valence-electron chi connectivity index (χ1n) is 7.64. The van der Waals surface area contributed by atoms with Crippen molar-refractivity contribution in [2.45, 2.75) is 32.2 Å². The van der Waals surface area contributed by atoms with Gasteiger partial charge in [0.1, 0.15) is 5.82 Å². The average Bonchev–Trinajstić information content (AvgIpc) is 2.87. The summed E-state index contributed by atoms with van der Waals surface area (Å²) in [6.07, 6.45) is 4.07. The Kier molecular flexibility index (Phi) is 4.15. The van der Waals surface area contributed by atoms with Crippen LogP contribution in [-0.2, 0) is 17.6 Å². The summed E-state index contributed by atoms with van der Waals surface area (Å²) in [5.41, 5.74) is 8.83. The molecule has 1 unspecified atom stereocenters. The zero-order valence-corrected chi connectivity index (χ0v) is 12.7. The highest BCUT2D eigenvalue weighted by Gasteiger charge is 2.29. The lowest BCUT2D eigenvalue weighted by atomic mass is 10.1. The molecule has 1 aliphatic rings. The molecule has 3 rings (SSSR count). The maximum absolute atomic E-state index is 12.0. The molecule has 114 valence electrons. The number of hydrogen-bond donors (Lipinski definition) is 1. The molecule has 22 heavy (non-hydrogen) atoms. The van der Waals surface area contributed by atoms with Gasteiger partial charge in [-0.1, -0.05) is 19.1 Å². The van der Waals surface area contributed by atoms with Crippen molar-refractivity contribution in [3.8, 4) is 0 Å². The normalized spacial score (nSPS) is 18.0. The second-order valence-corrected chi connectivity index (χ2v) is 5.55. The van der Waals surface area contributed by atoms with E-state index in [0.717, 1.165) is 29.2 Å². The second kappa shape index (κ2) is 6.23. The number of rotatable bonds is 4. The van der Waals surface area contributed by atoms with Crippen molar-refractivity contribution < 1.29 is 4.79 Å². The number of hydrogen-bond acceptors (Lipinski definition) is 4. The monoisotopic (exact) mass is 296 g/mol. The summed E-state index contributed by atoms with van der Waals surface area (Å²) >= 11 is 0. The van der Waals surface area contributed by atoms with Crippen LogP contribution in [0.3, 0.4) is 0 Å². The summed E-state index contributed by atoms with van der Waals surface area (Å²) < 4.78 is 0. The first-order chi connectivity index (χ1) is 10.7. The van der Waals surface area contributed by atoms with Gasteiger partial charge in [0.15, 0.2) is 0 Å². The summed E-state index contributed by atoms with van der Waals surface area (Å²) in [6.45, 7) is 2.76. The lowest BCUT2D eigenvalue weighted by molar-refractivity contribution is -0.118. The number of amides is 1. The van der Waals surface area contributed by atoms with Gasteiger partial charge in [-0.3, -0.25) is 4.79 Å². The van der Waals surface area contributed by atoms with E-state index in [1.807, 2.05) is 30.3 Å². The summed E-state index contributed by atoms with van der Waals surface area (Å²) in [5.74, 6) is 0.808. The number of nitrogens with two attached hydrogens (primary N) is 1. The fourth-order valence-electron chi connectivity index (χ4n) is 2.70. The highest BCUT2D eigenvalue weighted by Crippen LogP contribution is 2.22. The predicted molar refractivity (Wildman–Crippen MR) is 85.6 cm³/mol. The summed E-state index contributed by atoms with van der Waals surface area (Å²) in [5, 5.41) is 0. The third-order valence-electron chi connectivity index (χ3n) is 3.96. The molecule has 5 heteroatoms. The van der Waals surface area contributed by atoms with E-state index in [1.54, 1.807) is 11.1 Å². The van der Waals surface area contributed by atoms with Gasteiger partial charge in [-0.15, -0.1) is 0 Å². The molecule has 0 saturated carbocycles. The van der Waals surface area contributed by atoms with Gasteiger partial charge in [-0.2, -0.15) is 0 Å². The van der Waals surface area contributed by atoms with Gasteiger partial charge in [0, 0.05) is 30.5 Å². The number of carbonyl (C=O) groups excluding carboxylic acids is 1. The molecule has 0 aliphatic carbocycles. The molecule has 2 N–H and O–H groups in total. The van der Waals surface area contributed by atoms with E-state index in [-0.39, 0.29) is 11.9 Å². The molecule has 1 aromatic carbocycles. The Morgan fingerprint density at radius 1 is 1.36 bits per heavy atom. The van der Waals surface area contributed by atoms with E-state index in [0.29, 0.717) is 19.4 Å². The topological polar surface area (TPSA) is 72.1 Å². The first kappa shape index (κ1) is 14.7. The summed E-state index contributed by atoms with van der Waals surface area (Å²) in [7, 11) is 0. The lowest BCUT2D eigenvalue weighted by Crippen LogP contribution is -2.33. The van der Waals surface area contributed by atoms with Crippen LogP contribution in [0, 0.1) is 0 Å². The lowest BCUT2D eigenvalue weighted by Gasteiger charge is -2.17. The fraction of sp³-hybridized carbons (Fsp3) is 0.353. The number of benzene rings is 1. The van der Waals surface area contributed by atoms with Crippen molar-refractivity contribution in [2.24, 2.45) is 5.73 Å². The Bertz CT molecular complexity index is 686. The molecule has 0 bridgehead atoms. The van der Waals surface area contributed by atoms with Crippen molar-refractivity contribution >= 4 is 11.6 Å². The molecular weight excluding hydrogens is 276 g/mol. The van der Waals surface area contributed by atoms with E-state index in [4.69, 9.17) is 5.73 Å². The van der Waals surface area contributed by atoms with E-state index in [9.17, 15) is 4.79 Å². The Hall–Kier alpha value is -2.27. The molecule has 1 aliphatic heterocycles. The van der Waals surface area contributed by atoms with Crippen molar-refractivity contribution in [2.75, 3.05) is 11.4 Å². The van der Waals surface area contributed by atoms with Gasteiger partial charge in [0.05, 0.1) is 6.04 Å². The molecular formula is C17H20N4O. The highest BCUT2D eigenvalue weighted by molar-refractivity contribution is 5.99. The third kappa shape index (κ3) is 2.99. The Labute approximate surface area is 130 Å². The number of carbonyl (C=O) groups is 1. The largest absolute Gasteiger partial charge is 0.320 e. The molecule has 1 fully saturated rings. The molecule has 1 saturated heterocycles. The maximum Gasteiger partial charge on any atom is 0.243 e. The van der Waals surface area contributed by atoms with Crippen molar-refractivity contribution in [3.05, 3.63) is 53.6 Å². The predicted octanol–water partition coefficient (Wildman–Crippen LogP) is 1.69. The zero-order valence-electron chi connectivity index (χ0n) is 12.7. The van der Waals surface area contributed by atoms with Crippen LogP contribution in [0.1, 0.15) is 30.4 Å². The van der Waals surface area contributed by atoms with Crippen molar-refractivity contribution in [1.82, 2.24) is 9.97 Å². The quantitative estimate of drug-likeness (QED) is 0.932. The zero-order chi connectivity index (χ0) is 15.5. The smallest absolute Gasteiger partial charge is 0.243 e. The Morgan fingerprint density at radius 2 is 2.23 bits per heavy atom. The van der Waals surface area contributed by atoms with Crippen molar-refractivity contribution in [1.29, 1.82) is 0 Å². The Balaban J connectivity index is 1.80. The minimum atomic E-state index is -0.367. The second-order valence-electron chi connectivity index (χ2n) is 5.55. The number of anilines is 1. The average molecular weight is 296 g/mol. The van der Waals surface area contributed by atoms with Gasteiger partial charge in [0.25, 0.3) is 0 Å². The summed E-state index contributed by atoms with van der Waals surface area (Å²) in [4.78, 5) is 22.7. The van der Waals surface area contributed by atoms with Gasteiger partial charge < -0.3 is 10.6 Å². The van der Waals surface area contributed by atoms with Crippen LogP contribution in [0.25, 0.3) is 0 Å². The van der Waals surface area contributed by atoms with Gasteiger partial charge >= 0.3 is 0 Å². The van der Waals surface area contributed by atoms with Crippen LogP contribution in [0.5, 0.6) is 0 Å². The van der Waals surface area contributed by atoms with Crippen molar-refractivity contribution in [3.63, 3.8) is 0 Å². The molecule has 0 spiro atoms. The molecule has 2 aromatic rings. The van der Waals surface area contributed by atoms with Crippen LogP contribution >= 0.6 is 0 Å². The van der Waals surface area contributed by atoms with E-state index in [2.05, 4.69) is 16.9 Å². The van der Waals surface area contributed by atoms with Gasteiger partial charge in [-0.25, -0.2) is 9.97 Å². The number of aromatic nitrogens is 2. The summed E-state index contributed by atoms with van der Waals surface area (Å²) in [6, 6.07) is 9.54. The van der Waals surface area contributed by atoms with E-state index < -0.39 is 0 Å². The van der Waals surface area contributed by atoms with Crippen LogP contribution in [0.2, 0.25) is 0 Å². The van der Waals surface area contributed by atoms with Gasteiger partial charge in [0.2, 0.25) is 5.91 Å². The third-order valence-corrected chi connectivity index (χ3v) is 3.96. The van der Waals surface area contributed by atoms with Crippen LogP contribution < -0.4 is 10.6 Å². The van der Waals surface area contributed by atoms with Crippen LogP contribution in [0.15, 0.2) is 36.5 Å². The fourth-order valence-corrected chi connectivity index (χ4v) is 2.70. The van der Waals surface area contributed by atoms with Gasteiger partial charge in [-0.05, 0) is 36.6 Å². The SMILES string of the molecule is CCc1ccnc(Cc2cccc(N3CCC(N)C3=O)c2)n1. The highest BCUT2D eigenvalue weighted by atomic mass is 16.2. The molecule has 5 nitrogen and oxygen atoms in total. The minimum Gasteiger partial charge on any atom is -0.320 e. The number of nitrogens with zero attached hydrogens (tertiary/aromatic N) is 3. The molecule has 1 amide bonds. The standard InChI is InChI=1S/C17H20N4O/c1-2-13-6-8-19-16(20-13)11-12-4-3-5-14(10-12)21-9-7-15(18)17(21)22/h3-6,8,10,15H,2,7,9,11,18H2,1H3. The molecule has 0 radical (unpaired) electrons.